The number of hydrogen-bond acceptors (Lipinski definition) is 10. The Morgan fingerprint density at radius 2 is 1.86 bits per heavy atom. The lowest BCUT2D eigenvalue weighted by Gasteiger charge is -2.29. The molecule has 3 aromatic rings. The quantitative estimate of drug-likeness (QED) is 0.340. The number of benzene rings is 2. The summed E-state index contributed by atoms with van der Waals surface area (Å²) in [6.45, 7) is 8.44. The van der Waals surface area contributed by atoms with Gasteiger partial charge in [-0.05, 0) is 58.0 Å². The highest BCUT2D eigenvalue weighted by molar-refractivity contribution is 7.90. The van der Waals surface area contributed by atoms with Crippen molar-refractivity contribution in [2.45, 2.75) is 57.3 Å². The van der Waals surface area contributed by atoms with E-state index in [9.17, 15) is 18.0 Å². The van der Waals surface area contributed by atoms with E-state index in [1.807, 2.05) is 27.7 Å². The predicted molar refractivity (Wildman–Crippen MR) is 158 cm³/mol. The molecule has 226 valence electrons. The standard InChI is InChI=1S/C29H35N3O8S2/c1-18(17-37-5)38-21-12-19(13-22(14-21)39-20-8-7-9-23(15-20)42(6,35)36)26(33)31-27-30-24-10-11-32(16-25(24)41-27)28(34)40-29(2,3)4/h7-9,12-15,18H,10-11,16-17H2,1-6H3,(H,30,31,33). The maximum Gasteiger partial charge on any atom is 0.410 e. The molecule has 1 N–H and O–H groups in total. The number of methoxy groups -OCH3 is 1. The van der Waals surface area contributed by atoms with Crippen LogP contribution in [0.5, 0.6) is 17.2 Å². The summed E-state index contributed by atoms with van der Waals surface area (Å²) in [6, 6.07) is 10.8. The Balaban J connectivity index is 1.55. The molecule has 2 aromatic carbocycles. The third kappa shape index (κ3) is 8.43. The van der Waals surface area contributed by atoms with Gasteiger partial charge in [0.15, 0.2) is 15.0 Å². The van der Waals surface area contributed by atoms with Gasteiger partial charge in [-0.3, -0.25) is 10.1 Å². The van der Waals surface area contributed by atoms with E-state index in [4.69, 9.17) is 18.9 Å². The number of rotatable bonds is 9. The molecule has 0 radical (unpaired) electrons. The van der Waals surface area contributed by atoms with Crippen LogP contribution in [0.15, 0.2) is 47.4 Å². The lowest BCUT2D eigenvalue weighted by molar-refractivity contribution is 0.0225. The van der Waals surface area contributed by atoms with Gasteiger partial charge >= 0.3 is 6.09 Å². The Morgan fingerprint density at radius 1 is 1.12 bits per heavy atom. The molecule has 2 heterocycles. The van der Waals surface area contributed by atoms with Crippen LogP contribution in [0.25, 0.3) is 0 Å². The first kappa shape index (κ1) is 31.3. The average Bonchev–Trinajstić information content (AvgIpc) is 3.29. The Labute approximate surface area is 249 Å². The maximum atomic E-state index is 13.4. The van der Waals surface area contributed by atoms with Gasteiger partial charge in [-0.1, -0.05) is 17.4 Å². The lowest BCUT2D eigenvalue weighted by atomic mass is 10.2. The number of carbonyl (C=O) groups excluding carboxylic acids is 2. The van der Waals surface area contributed by atoms with Crippen LogP contribution in [0.3, 0.4) is 0 Å². The normalized spacial score (nSPS) is 14.1. The van der Waals surface area contributed by atoms with Gasteiger partial charge in [0.1, 0.15) is 29.0 Å². The third-order valence-electron chi connectivity index (χ3n) is 5.95. The number of carbonyl (C=O) groups is 2. The highest BCUT2D eigenvalue weighted by atomic mass is 32.2. The van der Waals surface area contributed by atoms with Crippen molar-refractivity contribution in [3.8, 4) is 17.2 Å². The highest BCUT2D eigenvalue weighted by Gasteiger charge is 2.28. The minimum Gasteiger partial charge on any atom is -0.488 e. The second-order valence-electron chi connectivity index (χ2n) is 10.9. The fraction of sp³-hybridized carbons (Fsp3) is 0.414. The van der Waals surface area contributed by atoms with E-state index in [-0.39, 0.29) is 34.2 Å². The van der Waals surface area contributed by atoms with Crippen molar-refractivity contribution in [2.75, 3.05) is 31.8 Å². The monoisotopic (exact) mass is 617 g/mol. The van der Waals surface area contributed by atoms with Crippen LogP contribution >= 0.6 is 11.3 Å². The minimum absolute atomic E-state index is 0.108. The molecule has 1 aromatic heterocycles. The van der Waals surface area contributed by atoms with E-state index in [1.165, 1.54) is 29.5 Å². The van der Waals surface area contributed by atoms with E-state index in [0.717, 1.165) is 16.8 Å². The topological polar surface area (TPSA) is 133 Å². The summed E-state index contributed by atoms with van der Waals surface area (Å²) < 4.78 is 46.5. The van der Waals surface area contributed by atoms with Gasteiger partial charge in [0.05, 0.1) is 23.7 Å². The summed E-state index contributed by atoms with van der Waals surface area (Å²) in [7, 11) is -1.88. The molecule has 1 atom stereocenters. The number of sulfone groups is 1. The number of ether oxygens (including phenoxy) is 4. The molecule has 4 rings (SSSR count). The van der Waals surface area contributed by atoms with Crippen LogP contribution in [-0.4, -0.2) is 68.5 Å². The van der Waals surface area contributed by atoms with E-state index in [1.54, 1.807) is 36.3 Å². The molecule has 0 saturated heterocycles. The van der Waals surface area contributed by atoms with Gasteiger partial charge in [-0.15, -0.1) is 0 Å². The zero-order valence-electron chi connectivity index (χ0n) is 24.4. The zero-order chi connectivity index (χ0) is 30.7. The van der Waals surface area contributed by atoms with Crippen molar-refractivity contribution in [3.63, 3.8) is 0 Å². The number of aromatic nitrogens is 1. The van der Waals surface area contributed by atoms with Crippen molar-refractivity contribution < 1.29 is 37.0 Å². The number of thiazole rings is 1. The molecular weight excluding hydrogens is 582 g/mol. The van der Waals surface area contributed by atoms with E-state index in [0.29, 0.717) is 37.0 Å². The number of nitrogens with zero attached hydrogens (tertiary/aromatic N) is 2. The average molecular weight is 618 g/mol. The summed E-state index contributed by atoms with van der Waals surface area (Å²) in [5.74, 6) is 0.491. The van der Waals surface area contributed by atoms with E-state index >= 15 is 0 Å². The molecule has 1 unspecified atom stereocenters. The number of anilines is 1. The Kier molecular flexibility index (Phi) is 9.43. The van der Waals surface area contributed by atoms with Crippen LogP contribution in [0.1, 0.15) is 48.6 Å². The van der Waals surface area contributed by atoms with Gasteiger partial charge < -0.3 is 23.8 Å². The van der Waals surface area contributed by atoms with E-state index in [2.05, 4.69) is 10.3 Å². The van der Waals surface area contributed by atoms with Crippen LogP contribution < -0.4 is 14.8 Å². The highest BCUT2D eigenvalue weighted by Crippen LogP contribution is 2.32. The Hall–Kier alpha value is -3.68. The van der Waals surface area contributed by atoms with Gasteiger partial charge in [0.2, 0.25) is 0 Å². The van der Waals surface area contributed by atoms with Crippen molar-refractivity contribution >= 4 is 38.3 Å². The summed E-state index contributed by atoms with van der Waals surface area (Å²) in [4.78, 5) is 33.1. The number of amides is 2. The van der Waals surface area contributed by atoms with Crippen LogP contribution in [0.2, 0.25) is 0 Å². The van der Waals surface area contributed by atoms with Crippen LogP contribution in [-0.2, 0) is 32.3 Å². The first-order valence-electron chi connectivity index (χ1n) is 13.3. The molecule has 1 aliphatic rings. The second-order valence-corrected chi connectivity index (χ2v) is 14.0. The molecular formula is C29H35N3O8S2. The number of fused-ring (bicyclic) bond motifs is 1. The molecule has 1 aliphatic heterocycles. The summed E-state index contributed by atoms with van der Waals surface area (Å²) in [5.41, 5.74) is 0.480. The fourth-order valence-corrected chi connectivity index (χ4v) is 5.81. The van der Waals surface area contributed by atoms with Gasteiger partial charge in [-0.2, -0.15) is 0 Å². The Bertz CT molecular complexity index is 1560. The number of hydrogen-bond donors (Lipinski definition) is 1. The van der Waals surface area contributed by atoms with Gasteiger partial charge in [0.25, 0.3) is 5.91 Å². The number of nitrogens with one attached hydrogen (secondary N) is 1. The van der Waals surface area contributed by atoms with E-state index < -0.39 is 21.3 Å². The second kappa shape index (κ2) is 12.7. The molecule has 0 fully saturated rings. The smallest absolute Gasteiger partial charge is 0.410 e. The first-order chi connectivity index (χ1) is 19.7. The van der Waals surface area contributed by atoms with Crippen molar-refractivity contribution in [1.82, 2.24) is 9.88 Å². The van der Waals surface area contributed by atoms with Crippen molar-refractivity contribution in [1.29, 1.82) is 0 Å². The predicted octanol–water partition coefficient (Wildman–Crippen LogP) is 5.30. The third-order valence-corrected chi connectivity index (χ3v) is 8.06. The Morgan fingerprint density at radius 3 is 2.55 bits per heavy atom. The lowest BCUT2D eigenvalue weighted by Crippen LogP contribution is -2.39. The van der Waals surface area contributed by atoms with Crippen molar-refractivity contribution in [2.24, 2.45) is 0 Å². The molecule has 0 spiro atoms. The van der Waals surface area contributed by atoms with Crippen LogP contribution in [0.4, 0.5) is 9.93 Å². The summed E-state index contributed by atoms with van der Waals surface area (Å²) in [6.07, 6.45) is 0.965. The molecule has 42 heavy (non-hydrogen) atoms. The first-order valence-corrected chi connectivity index (χ1v) is 16.0. The van der Waals surface area contributed by atoms with Crippen molar-refractivity contribution in [3.05, 3.63) is 58.6 Å². The molecule has 0 saturated carbocycles. The molecule has 2 amide bonds. The SMILES string of the molecule is COCC(C)Oc1cc(Oc2cccc(S(C)(=O)=O)c2)cc(C(=O)Nc2nc3c(s2)CN(C(=O)OC(C)(C)C)CC3)c1. The maximum absolute atomic E-state index is 13.4. The summed E-state index contributed by atoms with van der Waals surface area (Å²) >= 11 is 1.30. The minimum atomic E-state index is -3.44. The molecule has 0 bridgehead atoms. The van der Waals surface area contributed by atoms with Gasteiger partial charge in [0, 0.05) is 42.8 Å². The van der Waals surface area contributed by atoms with Crippen LogP contribution in [0, 0.1) is 0 Å². The zero-order valence-corrected chi connectivity index (χ0v) is 26.1. The molecule has 11 nitrogen and oxygen atoms in total. The fourth-order valence-electron chi connectivity index (χ4n) is 4.14. The molecule has 13 heteroatoms. The molecule has 0 aliphatic carbocycles. The largest absolute Gasteiger partial charge is 0.488 e. The summed E-state index contributed by atoms with van der Waals surface area (Å²) in [5, 5.41) is 3.24. The van der Waals surface area contributed by atoms with Gasteiger partial charge in [-0.25, -0.2) is 18.2 Å².